The fourth-order valence-corrected chi connectivity index (χ4v) is 2.14. The molecule has 88 valence electrons. The van der Waals surface area contributed by atoms with E-state index in [0.29, 0.717) is 13.0 Å². The van der Waals surface area contributed by atoms with Crippen molar-refractivity contribution in [3.63, 3.8) is 0 Å². The average Bonchev–Trinajstić information content (AvgIpc) is 2.59. The maximum absolute atomic E-state index is 12.7. The second-order valence-electron chi connectivity index (χ2n) is 4.59. The lowest BCUT2D eigenvalue weighted by Gasteiger charge is -2.23. The number of halogens is 1. The first-order valence-electron chi connectivity index (χ1n) is 5.55. The van der Waals surface area contributed by atoms with Crippen molar-refractivity contribution in [2.75, 3.05) is 11.9 Å². The molecule has 0 heterocycles. The molecule has 0 aliphatic heterocycles. The van der Waals surface area contributed by atoms with E-state index in [2.05, 4.69) is 5.32 Å². The minimum atomic E-state index is -0.714. The van der Waals surface area contributed by atoms with Crippen LogP contribution in [0, 0.1) is 5.82 Å². The predicted octanol–water partition coefficient (Wildman–Crippen LogP) is 1.48. The summed E-state index contributed by atoms with van der Waals surface area (Å²) < 4.78 is 12.7. The largest absolute Gasteiger partial charge is 0.388 e. The molecule has 1 aliphatic carbocycles. The summed E-state index contributed by atoms with van der Waals surface area (Å²) in [5, 5.41) is 13.3. The molecule has 2 unspecified atom stereocenters. The molecule has 1 aliphatic rings. The van der Waals surface area contributed by atoms with E-state index in [9.17, 15) is 9.50 Å². The zero-order chi connectivity index (χ0) is 11.6. The molecule has 4 heteroatoms. The summed E-state index contributed by atoms with van der Waals surface area (Å²) >= 11 is 0. The quantitative estimate of drug-likeness (QED) is 0.729. The third kappa shape index (κ3) is 2.71. The van der Waals surface area contributed by atoms with Crippen LogP contribution in [0.5, 0.6) is 0 Å². The molecule has 1 fully saturated rings. The Labute approximate surface area is 94.5 Å². The summed E-state index contributed by atoms with van der Waals surface area (Å²) in [7, 11) is 0. The molecule has 4 N–H and O–H groups in total. The van der Waals surface area contributed by atoms with Crippen LogP contribution in [0.25, 0.3) is 0 Å². The van der Waals surface area contributed by atoms with E-state index < -0.39 is 5.60 Å². The zero-order valence-electron chi connectivity index (χ0n) is 9.12. The minimum absolute atomic E-state index is 0.0972. The van der Waals surface area contributed by atoms with Gasteiger partial charge in [-0.3, -0.25) is 0 Å². The molecule has 3 nitrogen and oxygen atoms in total. The molecule has 0 amide bonds. The molecule has 0 radical (unpaired) electrons. The van der Waals surface area contributed by atoms with Crippen LogP contribution in [-0.4, -0.2) is 23.3 Å². The first kappa shape index (κ1) is 11.4. The topological polar surface area (TPSA) is 58.3 Å². The predicted molar refractivity (Wildman–Crippen MR) is 61.7 cm³/mol. The Morgan fingerprint density at radius 1 is 1.44 bits per heavy atom. The highest BCUT2D eigenvalue weighted by Gasteiger charge is 2.35. The minimum Gasteiger partial charge on any atom is -0.388 e. The van der Waals surface area contributed by atoms with E-state index in [0.717, 1.165) is 18.5 Å². The number of rotatable bonds is 3. The Morgan fingerprint density at radius 2 is 2.12 bits per heavy atom. The van der Waals surface area contributed by atoms with E-state index in [-0.39, 0.29) is 11.9 Å². The van der Waals surface area contributed by atoms with Crippen LogP contribution < -0.4 is 11.1 Å². The van der Waals surface area contributed by atoms with Crippen molar-refractivity contribution in [3.05, 3.63) is 30.1 Å². The van der Waals surface area contributed by atoms with Crippen molar-refractivity contribution in [1.82, 2.24) is 0 Å². The highest BCUT2D eigenvalue weighted by Crippen LogP contribution is 2.29. The van der Waals surface area contributed by atoms with Gasteiger partial charge in [0.05, 0.1) is 5.60 Å². The van der Waals surface area contributed by atoms with E-state index in [1.165, 1.54) is 12.1 Å². The maximum atomic E-state index is 12.7. The van der Waals surface area contributed by atoms with E-state index in [1.807, 2.05) is 0 Å². The summed E-state index contributed by atoms with van der Waals surface area (Å²) in [4.78, 5) is 0. The van der Waals surface area contributed by atoms with Gasteiger partial charge in [0.1, 0.15) is 5.82 Å². The molecule has 0 saturated heterocycles. The fraction of sp³-hybridized carbons (Fsp3) is 0.500. The van der Waals surface area contributed by atoms with Crippen LogP contribution in [0.3, 0.4) is 0 Å². The van der Waals surface area contributed by atoms with Gasteiger partial charge in [0.2, 0.25) is 0 Å². The van der Waals surface area contributed by atoms with Gasteiger partial charge in [-0.2, -0.15) is 0 Å². The number of hydrogen-bond donors (Lipinski definition) is 3. The van der Waals surface area contributed by atoms with Gasteiger partial charge in [-0.25, -0.2) is 4.39 Å². The van der Waals surface area contributed by atoms with Crippen LogP contribution in [0.2, 0.25) is 0 Å². The molecule has 1 aromatic carbocycles. The first-order valence-corrected chi connectivity index (χ1v) is 5.55. The molecule has 0 bridgehead atoms. The van der Waals surface area contributed by atoms with Crippen molar-refractivity contribution in [3.8, 4) is 0 Å². The van der Waals surface area contributed by atoms with Gasteiger partial charge in [0.25, 0.3) is 0 Å². The first-order chi connectivity index (χ1) is 7.57. The van der Waals surface area contributed by atoms with Crippen LogP contribution in [0.4, 0.5) is 10.1 Å². The number of hydrogen-bond acceptors (Lipinski definition) is 3. The van der Waals surface area contributed by atoms with Gasteiger partial charge in [-0.05, 0) is 43.5 Å². The lowest BCUT2D eigenvalue weighted by Crippen LogP contribution is -2.35. The normalized spacial score (nSPS) is 29.3. The number of nitrogens with one attached hydrogen (secondary N) is 1. The van der Waals surface area contributed by atoms with E-state index in [4.69, 9.17) is 5.73 Å². The van der Waals surface area contributed by atoms with E-state index in [1.54, 1.807) is 12.1 Å². The van der Waals surface area contributed by atoms with Gasteiger partial charge < -0.3 is 16.2 Å². The fourth-order valence-electron chi connectivity index (χ4n) is 2.14. The molecule has 2 atom stereocenters. The zero-order valence-corrected chi connectivity index (χ0v) is 9.12. The molecule has 1 aromatic rings. The summed E-state index contributed by atoms with van der Waals surface area (Å²) in [5.74, 6) is -0.257. The number of benzene rings is 1. The van der Waals surface area contributed by atoms with Gasteiger partial charge in [0, 0.05) is 18.3 Å². The molecular weight excluding hydrogens is 207 g/mol. The third-order valence-corrected chi connectivity index (χ3v) is 3.09. The highest BCUT2D eigenvalue weighted by atomic mass is 19.1. The summed E-state index contributed by atoms with van der Waals surface area (Å²) in [6, 6.07) is 6.21. The van der Waals surface area contributed by atoms with Crippen molar-refractivity contribution >= 4 is 5.69 Å². The standard InChI is InChI=1S/C12H17FN2O/c13-9-1-3-11(4-2-9)15-8-12(16)6-5-10(14)7-12/h1-4,10,15-16H,5-8,14H2. The third-order valence-electron chi connectivity index (χ3n) is 3.09. The summed E-state index contributed by atoms with van der Waals surface area (Å²) in [6.45, 7) is 0.465. The molecule has 1 saturated carbocycles. The van der Waals surface area contributed by atoms with Crippen LogP contribution >= 0.6 is 0 Å². The molecule has 0 aromatic heterocycles. The van der Waals surface area contributed by atoms with Gasteiger partial charge >= 0.3 is 0 Å². The second-order valence-corrected chi connectivity index (χ2v) is 4.59. The van der Waals surface area contributed by atoms with Crippen LogP contribution in [0.15, 0.2) is 24.3 Å². The molecule has 2 rings (SSSR count). The molecule has 16 heavy (non-hydrogen) atoms. The van der Waals surface area contributed by atoms with Crippen LogP contribution in [-0.2, 0) is 0 Å². The Bertz CT molecular complexity index is 355. The number of aliphatic hydroxyl groups is 1. The average molecular weight is 224 g/mol. The van der Waals surface area contributed by atoms with Crippen molar-refractivity contribution in [1.29, 1.82) is 0 Å². The monoisotopic (exact) mass is 224 g/mol. The lowest BCUT2D eigenvalue weighted by atomic mass is 10.0. The van der Waals surface area contributed by atoms with E-state index >= 15 is 0 Å². The Balaban J connectivity index is 1.90. The van der Waals surface area contributed by atoms with Gasteiger partial charge in [0.15, 0.2) is 0 Å². The Morgan fingerprint density at radius 3 is 2.69 bits per heavy atom. The second kappa shape index (κ2) is 4.39. The number of nitrogens with two attached hydrogens (primary N) is 1. The highest BCUT2D eigenvalue weighted by molar-refractivity contribution is 5.43. The summed E-state index contributed by atoms with van der Waals surface area (Å²) in [6.07, 6.45) is 2.21. The van der Waals surface area contributed by atoms with Gasteiger partial charge in [-0.15, -0.1) is 0 Å². The lowest BCUT2D eigenvalue weighted by molar-refractivity contribution is 0.0601. The SMILES string of the molecule is NC1CCC(O)(CNc2ccc(F)cc2)C1. The maximum Gasteiger partial charge on any atom is 0.123 e. The Hall–Kier alpha value is -1.13. The van der Waals surface area contributed by atoms with Gasteiger partial charge in [-0.1, -0.05) is 0 Å². The van der Waals surface area contributed by atoms with Crippen molar-refractivity contribution in [2.24, 2.45) is 5.73 Å². The smallest absolute Gasteiger partial charge is 0.123 e. The van der Waals surface area contributed by atoms with Crippen LogP contribution in [0.1, 0.15) is 19.3 Å². The van der Waals surface area contributed by atoms with Crippen molar-refractivity contribution < 1.29 is 9.50 Å². The van der Waals surface area contributed by atoms with Crippen molar-refractivity contribution in [2.45, 2.75) is 30.9 Å². The molecular formula is C12H17FN2O. The molecule has 0 spiro atoms. The Kier molecular flexibility index (Phi) is 3.12. The summed E-state index contributed by atoms with van der Waals surface area (Å²) in [5.41, 5.74) is 5.86. The number of anilines is 1.